The molecule has 0 aromatic heterocycles. The Morgan fingerprint density at radius 1 is 1.09 bits per heavy atom. The van der Waals surface area contributed by atoms with Gasteiger partial charge in [-0.2, -0.15) is 0 Å². The number of rotatable bonds is 6. The summed E-state index contributed by atoms with van der Waals surface area (Å²) in [6.07, 6.45) is 0. The zero-order chi connectivity index (χ0) is 16.7. The maximum atomic E-state index is 11.9. The summed E-state index contributed by atoms with van der Waals surface area (Å²) in [6.45, 7) is 1.81. The second-order valence-corrected chi connectivity index (χ2v) is 5.62. The highest BCUT2D eigenvalue weighted by Crippen LogP contribution is 2.16. The number of ether oxygens (including phenoxy) is 2. The van der Waals surface area contributed by atoms with Crippen molar-refractivity contribution in [1.82, 2.24) is 0 Å². The van der Waals surface area contributed by atoms with E-state index in [4.69, 9.17) is 9.47 Å². The van der Waals surface area contributed by atoms with Gasteiger partial charge in [0.25, 0.3) is 0 Å². The van der Waals surface area contributed by atoms with E-state index in [2.05, 4.69) is 21.2 Å². The van der Waals surface area contributed by atoms with Crippen LogP contribution in [-0.4, -0.2) is 25.1 Å². The number of carbonyl (C=O) groups is 2. The Morgan fingerprint density at radius 3 is 2.52 bits per heavy atom. The normalized spacial score (nSPS) is 10.0. The van der Waals surface area contributed by atoms with Gasteiger partial charge in [-0.1, -0.05) is 22.0 Å². The fraction of sp³-hybridized carbons (Fsp3) is 0.176. The van der Waals surface area contributed by atoms with E-state index in [0.717, 1.165) is 4.47 Å². The Kier molecular flexibility index (Phi) is 6.17. The average Bonchev–Trinajstić information content (AvgIpc) is 2.52. The monoisotopic (exact) mass is 377 g/mol. The summed E-state index contributed by atoms with van der Waals surface area (Å²) >= 11 is 3.34. The van der Waals surface area contributed by atoms with Crippen LogP contribution >= 0.6 is 15.9 Å². The lowest BCUT2D eigenvalue weighted by Crippen LogP contribution is -2.13. The van der Waals surface area contributed by atoms with Crippen molar-refractivity contribution in [2.75, 3.05) is 18.5 Å². The molecule has 0 saturated heterocycles. The van der Waals surface area contributed by atoms with E-state index < -0.39 is 5.97 Å². The average molecular weight is 378 g/mol. The number of amides is 1. The number of esters is 1. The van der Waals surface area contributed by atoms with E-state index in [9.17, 15) is 9.59 Å². The van der Waals surface area contributed by atoms with Gasteiger partial charge in [0, 0.05) is 17.1 Å². The minimum absolute atomic E-state index is 0.138. The zero-order valence-corrected chi connectivity index (χ0v) is 14.1. The Hall–Kier alpha value is -2.34. The molecule has 0 bridgehead atoms. The third-order valence-corrected chi connectivity index (χ3v) is 3.35. The first-order chi connectivity index (χ1) is 11.0. The van der Waals surface area contributed by atoms with Crippen molar-refractivity contribution in [3.8, 4) is 5.75 Å². The number of anilines is 1. The minimum atomic E-state index is -0.461. The molecular weight excluding hydrogens is 362 g/mol. The number of hydrogen-bond acceptors (Lipinski definition) is 4. The van der Waals surface area contributed by atoms with Crippen LogP contribution in [0.4, 0.5) is 5.69 Å². The van der Waals surface area contributed by atoms with Crippen LogP contribution in [-0.2, 0) is 9.53 Å². The van der Waals surface area contributed by atoms with Gasteiger partial charge in [0.2, 0.25) is 5.91 Å². The summed E-state index contributed by atoms with van der Waals surface area (Å²) < 4.78 is 11.6. The van der Waals surface area contributed by atoms with Crippen molar-refractivity contribution in [1.29, 1.82) is 0 Å². The van der Waals surface area contributed by atoms with Gasteiger partial charge in [0.05, 0.1) is 5.56 Å². The van der Waals surface area contributed by atoms with Gasteiger partial charge in [-0.25, -0.2) is 4.79 Å². The molecule has 0 fully saturated rings. The maximum absolute atomic E-state index is 11.9. The van der Waals surface area contributed by atoms with Crippen LogP contribution in [0.5, 0.6) is 5.75 Å². The van der Waals surface area contributed by atoms with Gasteiger partial charge in [-0.15, -0.1) is 0 Å². The maximum Gasteiger partial charge on any atom is 0.338 e. The summed E-state index contributed by atoms with van der Waals surface area (Å²) in [4.78, 5) is 23.0. The first kappa shape index (κ1) is 17.0. The molecule has 6 heteroatoms. The van der Waals surface area contributed by atoms with Gasteiger partial charge < -0.3 is 14.8 Å². The summed E-state index contributed by atoms with van der Waals surface area (Å²) in [5.41, 5.74) is 0.929. The molecular formula is C17H16BrNO4. The molecule has 1 amide bonds. The fourth-order valence-corrected chi connectivity index (χ4v) is 2.10. The number of nitrogens with one attached hydrogen (secondary N) is 1. The van der Waals surface area contributed by atoms with E-state index in [0.29, 0.717) is 17.0 Å². The highest BCUT2D eigenvalue weighted by molar-refractivity contribution is 9.10. The highest BCUT2D eigenvalue weighted by atomic mass is 79.9. The summed E-state index contributed by atoms with van der Waals surface area (Å²) in [5.74, 6) is 0.0481. The zero-order valence-electron chi connectivity index (χ0n) is 12.5. The standard InChI is InChI=1S/C17H16BrNO4/c1-12(20)19-15-4-2-3-13(11-15)17(21)23-10-9-22-16-7-5-14(18)6-8-16/h2-8,11H,9-10H2,1H3,(H,19,20). The van der Waals surface area contributed by atoms with Gasteiger partial charge in [0.1, 0.15) is 19.0 Å². The first-order valence-corrected chi connectivity index (χ1v) is 7.77. The Balaban J connectivity index is 1.80. The number of halogens is 1. The number of carbonyl (C=O) groups excluding carboxylic acids is 2. The van der Waals surface area contributed by atoms with Crippen LogP contribution in [0.2, 0.25) is 0 Å². The van der Waals surface area contributed by atoms with Crippen molar-refractivity contribution in [2.24, 2.45) is 0 Å². The van der Waals surface area contributed by atoms with E-state index in [1.165, 1.54) is 6.92 Å². The summed E-state index contributed by atoms with van der Waals surface area (Å²) in [5, 5.41) is 2.62. The fourth-order valence-electron chi connectivity index (χ4n) is 1.84. The first-order valence-electron chi connectivity index (χ1n) is 6.98. The Bertz CT molecular complexity index is 685. The highest BCUT2D eigenvalue weighted by Gasteiger charge is 2.08. The molecule has 2 aromatic carbocycles. The molecule has 0 saturated carbocycles. The molecule has 1 N–H and O–H groups in total. The van der Waals surface area contributed by atoms with Gasteiger partial charge in [0.15, 0.2) is 0 Å². The van der Waals surface area contributed by atoms with Crippen molar-refractivity contribution >= 4 is 33.5 Å². The van der Waals surface area contributed by atoms with Crippen molar-refractivity contribution in [3.63, 3.8) is 0 Å². The van der Waals surface area contributed by atoms with Gasteiger partial charge in [-0.05, 0) is 42.5 Å². The molecule has 120 valence electrons. The smallest absolute Gasteiger partial charge is 0.338 e. The quantitative estimate of drug-likeness (QED) is 0.616. The molecule has 0 unspecified atom stereocenters. The molecule has 0 aliphatic rings. The molecule has 5 nitrogen and oxygen atoms in total. The lowest BCUT2D eigenvalue weighted by molar-refractivity contribution is -0.114. The molecule has 0 aliphatic carbocycles. The van der Waals surface area contributed by atoms with Crippen LogP contribution < -0.4 is 10.1 Å². The lowest BCUT2D eigenvalue weighted by atomic mass is 10.2. The van der Waals surface area contributed by atoms with Gasteiger partial charge in [-0.3, -0.25) is 4.79 Å². The summed E-state index contributed by atoms with van der Waals surface area (Å²) in [7, 11) is 0. The molecule has 0 aliphatic heterocycles. The molecule has 2 aromatic rings. The van der Waals surface area contributed by atoms with Gasteiger partial charge >= 0.3 is 5.97 Å². The third kappa shape index (κ3) is 5.75. The van der Waals surface area contributed by atoms with Crippen molar-refractivity contribution in [2.45, 2.75) is 6.92 Å². The molecule has 0 heterocycles. The Morgan fingerprint density at radius 2 is 1.83 bits per heavy atom. The molecule has 2 rings (SSSR count). The second kappa shape index (κ2) is 8.33. The van der Waals surface area contributed by atoms with E-state index in [-0.39, 0.29) is 19.1 Å². The van der Waals surface area contributed by atoms with Crippen LogP contribution in [0.15, 0.2) is 53.0 Å². The minimum Gasteiger partial charge on any atom is -0.490 e. The number of benzene rings is 2. The lowest BCUT2D eigenvalue weighted by Gasteiger charge is -2.08. The number of hydrogen-bond donors (Lipinski definition) is 1. The topological polar surface area (TPSA) is 64.6 Å². The van der Waals surface area contributed by atoms with Crippen molar-refractivity contribution < 1.29 is 19.1 Å². The molecule has 0 atom stereocenters. The second-order valence-electron chi connectivity index (χ2n) is 4.70. The van der Waals surface area contributed by atoms with E-state index >= 15 is 0 Å². The molecule has 0 spiro atoms. The predicted octanol–water partition coefficient (Wildman–Crippen LogP) is 3.64. The van der Waals surface area contributed by atoms with E-state index in [1.807, 2.05) is 24.3 Å². The molecule has 23 heavy (non-hydrogen) atoms. The van der Waals surface area contributed by atoms with Crippen LogP contribution in [0.25, 0.3) is 0 Å². The van der Waals surface area contributed by atoms with E-state index in [1.54, 1.807) is 24.3 Å². The SMILES string of the molecule is CC(=O)Nc1cccc(C(=O)OCCOc2ccc(Br)cc2)c1. The van der Waals surface area contributed by atoms with Crippen LogP contribution in [0.3, 0.4) is 0 Å². The third-order valence-electron chi connectivity index (χ3n) is 2.82. The van der Waals surface area contributed by atoms with Crippen molar-refractivity contribution in [3.05, 3.63) is 58.6 Å². The largest absolute Gasteiger partial charge is 0.490 e. The van der Waals surface area contributed by atoms with Crippen LogP contribution in [0, 0.1) is 0 Å². The van der Waals surface area contributed by atoms with Crippen LogP contribution in [0.1, 0.15) is 17.3 Å². The Labute approximate surface area is 142 Å². The predicted molar refractivity (Wildman–Crippen MR) is 90.7 cm³/mol. The molecule has 0 radical (unpaired) electrons. The summed E-state index contributed by atoms with van der Waals surface area (Å²) in [6, 6.07) is 14.0.